The summed E-state index contributed by atoms with van der Waals surface area (Å²) >= 11 is 1.25. The monoisotopic (exact) mass is 360 g/mol. The van der Waals surface area contributed by atoms with Crippen molar-refractivity contribution in [3.63, 3.8) is 0 Å². The summed E-state index contributed by atoms with van der Waals surface area (Å²) in [5.74, 6) is -0.0858. The second-order valence-electron chi connectivity index (χ2n) is 6.55. The summed E-state index contributed by atoms with van der Waals surface area (Å²) in [7, 11) is 1.67. The molecular formula is C15H16N6O3S. The highest BCUT2D eigenvalue weighted by molar-refractivity contribution is 7.21. The van der Waals surface area contributed by atoms with Crippen LogP contribution in [0.5, 0.6) is 0 Å². The maximum atomic E-state index is 13.1. The van der Waals surface area contributed by atoms with Crippen LogP contribution in [0.4, 0.5) is 0 Å². The van der Waals surface area contributed by atoms with Gasteiger partial charge in [-0.05, 0) is 13.8 Å². The third-order valence-electron chi connectivity index (χ3n) is 4.64. The number of fused-ring (bicyclic) bond motifs is 1. The molecule has 1 unspecified atom stereocenters. The van der Waals surface area contributed by atoms with Crippen LogP contribution in [0.15, 0.2) is 22.0 Å². The van der Waals surface area contributed by atoms with Gasteiger partial charge in [0.2, 0.25) is 5.91 Å². The van der Waals surface area contributed by atoms with Crippen LogP contribution < -0.4 is 11.2 Å². The fraction of sp³-hybridized carbons (Fsp3) is 0.400. The van der Waals surface area contributed by atoms with E-state index in [1.165, 1.54) is 25.6 Å². The Morgan fingerprint density at radius 1 is 1.24 bits per heavy atom. The average Bonchev–Trinajstić information content (AvgIpc) is 3.19. The normalized spacial score (nSPS) is 20.8. The lowest BCUT2D eigenvalue weighted by Crippen LogP contribution is -2.49. The highest BCUT2D eigenvalue weighted by Crippen LogP contribution is 2.31. The molecule has 0 spiro atoms. The molecule has 10 heteroatoms. The van der Waals surface area contributed by atoms with Gasteiger partial charge in [0, 0.05) is 19.2 Å². The van der Waals surface area contributed by atoms with E-state index in [0.29, 0.717) is 27.3 Å². The average molecular weight is 360 g/mol. The van der Waals surface area contributed by atoms with Crippen LogP contribution in [0.25, 0.3) is 15.2 Å². The number of hydrogen-bond donors (Lipinski definition) is 1. The van der Waals surface area contributed by atoms with E-state index in [1.807, 2.05) is 0 Å². The first kappa shape index (κ1) is 15.8. The summed E-state index contributed by atoms with van der Waals surface area (Å²) in [5, 5.41) is 9.29. The zero-order chi connectivity index (χ0) is 17.9. The number of amides is 1. The molecule has 1 amide bonds. The molecule has 3 aromatic rings. The number of H-pyrrole nitrogens is 1. The zero-order valence-corrected chi connectivity index (χ0v) is 14.8. The molecule has 0 aliphatic carbocycles. The van der Waals surface area contributed by atoms with Gasteiger partial charge in [-0.1, -0.05) is 11.3 Å². The summed E-state index contributed by atoms with van der Waals surface area (Å²) < 4.78 is 1.18. The fourth-order valence-electron chi connectivity index (χ4n) is 3.47. The van der Waals surface area contributed by atoms with Crippen molar-refractivity contribution in [3.05, 3.63) is 38.8 Å². The Morgan fingerprint density at radius 2 is 1.92 bits per heavy atom. The highest BCUT2D eigenvalue weighted by Gasteiger charge is 2.41. The van der Waals surface area contributed by atoms with E-state index in [-0.39, 0.29) is 12.3 Å². The van der Waals surface area contributed by atoms with Crippen LogP contribution in [0.2, 0.25) is 0 Å². The summed E-state index contributed by atoms with van der Waals surface area (Å²) in [5.41, 5.74) is -1.07. The minimum absolute atomic E-state index is 0.0858. The Labute approximate surface area is 145 Å². The molecule has 3 aromatic heterocycles. The topological polar surface area (TPSA) is 106 Å². The van der Waals surface area contributed by atoms with Crippen LogP contribution in [0, 0.1) is 6.92 Å². The third-order valence-corrected chi connectivity index (χ3v) is 5.81. The van der Waals surface area contributed by atoms with Gasteiger partial charge in [0.05, 0.1) is 29.7 Å². The van der Waals surface area contributed by atoms with Crippen LogP contribution in [0.3, 0.4) is 0 Å². The molecule has 1 fully saturated rings. The number of aromatic amines is 1. The van der Waals surface area contributed by atoms with Crippen molar-refractivity contribution in [2.24, 2.45) is 0 Å². The molecular weight excluding hydrogens is 344 g/mol. The molecule has 1 atom stereocenters. The first-order valence-corrected chi connectivity index (χ1v) is 8.53. The van der Waals surface area contributed by atoms with Crippen molar-refractivity contribution < 1.29 is 4.79 Å². The first-order chi connectivity index (χ1) is 11.8. The van der Waals surface area contributed by atoms with Gasteiger partial charge in [-0.3, -0.25) is 19.1 Å². The molecule has 1 aliphatic rings. The van der Waals surface area contributed by atoms with E-state index in [2.05, 4.69) is 15.2 Å². The summed E-state index contributed by atoms with van der Waals surface area (Å²) in [6.07, 6.45) is 3.21. The van der Waals surface area contributed by atoms with E-state index in [0.717, 1.165) is 0 Å². The second kappa shape index (κ2) is 5.12. The second-order valence-corrected chi connectivity index (χ2v) is 7.55. The number of rotatable bonds is 2. The largest absolute Gasteiger partial charge is 0.343 e. The molecule has 4 rings (SSSR count). The number of aromatic nitrogens is 5. The number of nitrogens with one attached hydrogen (secondary N) is 1. The Morgan fingerprint density at radius 3 is 2.52 bits per heavy atom. The van der Waals surface area contributed by atoms with Crippen molar-refractivity contribution in [1.82, 2.24) is 29.4 Å². The smallest absolute Gasteiger partial charge is 0.330 e. The number of carbonyl (C=O) groups is 1. The molecule has 25 heavy (non-hydrogen) atoms. The predicted molar refractivity (Wildman–Crippen MR) is 92.3 cm³/mol. The minimum Gasteiger partial charge on any atom is -0.343 e. The van der Waals surface area contributed by atoms with Crippen LogP contribution in [-0.4, -0.2) is 48.9 Å². The van der Waals surface area contributed by atoms with E-state index < -0.39 is 16.8 Å². The quantitative estimate of drug-likeness (QED) is 0.704. The van der Waals surface area contributed by atoms with Gasteiger partial charge in [0.1, 0.15) is 9.83 Å². The van der Waals surface area contributed by atoms with Gasteiger partial charge >= 0.3 is 5.69 Å². The van der Waals surface area contributed by atoms with Gasteiger partial charge in [0.25, 0.3) is 5.56 Å². The molecule has 0 radical (unpaired) electrons. The highest BCUT2D eigenvalue weighted by atomic mass is 32.1. The number of likely N-dealkylation sites (tertiary alicyclic amines) is 1. The van der Waals surface area contributed by atoms with Gasteiger partial charge < -0.3 is 4.90 Å². The Balaban J connectivity index is 2.00. The van der Waals surface area contributed by atoms with Crippen molar-refractivity contribution in [3.8, 4) is 5.00 Å². The Bertz CT molecular complexity index is 1110. The Kier molecular flexibility index (Phi) is 3.23. The van der Waals surface area contributed by atoms with Gasteiger partial charge in [-0.15, -0.1) is 4.80 Å². The molecule has 9 nitrogen and oxygen atoms in total. The van der Waals surface area contributed by atoms with Crippen LogP contribution in [-0.2, 0) is 10.3 Å². The van der Waals surface area contributed by atoms with E-state index in [9.17, 15) is 14.4 Å². The number of nitrogens with zero attached hydrogens (tertiary/aromatic N) is 5. The van der Waals surface area contributed by atoms with Gasteiger partial charge in [-0.2, -0.15) is 10.2 Å². The van der Waals surface area contributed by atoms with Crippen LogP contribution >= 0.6 is 11.3 Å². The maximum Gasteiger partial charge on any atom is 0.330 e. The molecule has 1 saturated heterocycles. The van der Waals surface area contributed by atoms with Crippen molar-refractivity contribution in [2.45, 2.75) is 25.8 Å². The van der Waals surface area contributed by atoms with Crippen LogP contribution in [0.1, 0.15) is 18.9 Å². The molecule has 0 aromatic carbocycles. The molecule has 1 aliphatic heterocycles. The summed E-state index contributed by atoms with van der Waals surface area (Å²) in [6.45, 7) is 3.88. The lowest BCUT2D eigenvalue weighted by molar-refractivity contribution is -0.126. The SMILES string of the molecule is Cc1c(-n2nccn2)sc2[nH]c(=O)n(C3(C)CC(=O)N(C)C3)c(=O)c12. The number of aryl methyl sites for hydroxylation is 1. The number of carbonyl (C=O) groups excluding carboxylic acids is 1. The summed E-state index contributed by atoms with van der Waals surface area (Å²) in [4.78, 5) is 43.9. The molecule has 130 valence electrons. The predicted octanol–water partition coefficient (Wildman–Crippen LogP) is 0.218. The van der Waals surface area contributed by atoms with Crippen molar-refractivity contribution in [1.29, 1.82) is 0 Å². The standard InChI is InChI=1S/C15H16N6O3S/c1-8-10-11(25-13(8)21-16-4-5-17-21)18-14(24)20(12(10)23)15(2)6-9(22)19(3)7-15/h4-5H,6-7H2,1-3H3,(H,18,24). The number of likely N-dealkylation sites (N-methyl/N-ethyl adjacent to an activating group) is 1. The molecule has 0 saturated carbocycles. The lowest BCUT2D eigenvalue weighted by Gasteiger charge is -2.24. The van der Waals surface area contributed by atoms with Gasteiger partial charge in [-0.25, -0.2) is 4.79 Å². The van der Waals surface area contributed by atoms with E-state index >= 15 is 0 Å². The maximum absolute atomic E-state index is 13.1. The third kappa shape index (κ3) is 2.17. The zero-order valence-electron chi connectivity index (χ0n) is 13.9. The fourth-order valence-corrected chi connectivity index (χ4v) is 4.58. The number of thiophene rings is 1. The first-order valence-electron chi connectivity index (χ1n) is 7.71. The molecule has 0 bridgehead atoms. The number of hydrogen-bond acceptors (Lipinski definition) is 6. The minimum atomic E-state index is -0.872. The summed E-state index contributed by atoms with van der Waals surface area (Å²) in [6, 6.07) is 0. The van der Waals surface area contributed by atoms with E-state index in [1.54, 1.807) is 33.3 Å². The van der Waals surface area contributed by atoms with E-state index in [4.69, 9.17) is 0 Å². The Hall–Kier alpha value is -2.75. The van der Waals surface area contributed by atoms with Gasteiger partial charge in [0.15, 0.2) is 0 Å². The lowest BCUT2D eigenvalue weighted by atomic mass is 10.0. The molecule has 1 N–H and O–H groups in total. The molecule has 4 heterocycles. The van der Waals surface area contributed by atoms with Crippen molar-refractivity contribution in [2.75, 3.05) is 13.6 Å². The van der Waals surface area contributed by atoms with Crippen molar-refractivity contribution >= 4 is 27.5 Å².